The number of carbonyl (C=O) groups is 1. The molecule has 0 atom stereocenters. The number of amides is 1. The first kappa shape index (κ1) is 19.3. The number of hydrogen-bond donors (Lipinski definition) is 0. The minimum absolute atomic E-state index is 0.0556. The molecule has 0 N–H and O–H groups in total. The quantitative estimate of drug-likeness (QED) is 0.349. The fourth-order valence-corrected chi connectivity index (χ4v) is 4.61. The summed E-state index contributed by atoms with van der Waals surface area (Å²) in [7, 11) is 0. The van der Waals surface area contributed by atoms with Crippen molar-refractivity contribution >= 4 is 39.0 Å². The van der Waals surface area contributed by atoms with Crippen LogP contribution in [0.3, 0.4) is 0 Å². The van der Waals surface area contributed by atoms with Crippen LogP contribution in [0.25, 0.3) is 21.4 Å². The summed E-state index contributed by atoms with van der Waals surface area (Å²) in [5.74, 6) is 1.24. The Bertz CT molecular complexity index is 1270. The summed E-state index contributed by atoms with van der Waals surface area (Å²) in [4.78, 5) is 27.7. The highest BCUT2D eigenvalue weighted by Crippen LogP contribution is 2.32. The molecular formula is C22H18N4O4S. The largest absolute Gasteiger partial charge is 0.451 e. The molecule has 1 amide bonds. The Hall–Kier alpha value is -3.72. The van der Waals surface area contributed by atoms with E-state index < -0.39 is 4.92 Å². The number of carbonyl (C=O) groups excluding carboxylic acids is 1. The van der Waals surface area contributed by atoms with Crippen LogP contribution in [0.15, 0.2) is 65.1 Å². The third kappa shape index (κ3) is 3.53. The van der Waals surface area contributed by atoms with Gasteiger partial charge in [0.05, 0.1) is 15.2 Å². The van der Waals surface area contributed by atoms with E-state index in [-0.39, 0.29) is 17.4 Å². The molecule has 31 heavy (non-hydrogen) atoms. The number of aromatic nitrogens is 1. The van der Waals surface area contributed by atoms with Gasteiger partial charge in [0.1, 0.15) is 11.6 Å². The Balaban J connectivity index is 1.30. The maximum atomic E-state index is 12.9. The highest BCUT2D eigenvalue weighted by molar-refractivity contribution is 7.13. The van der Waals surface area contributed by atoms with Crippen LogP contribution in [0.1, 0.15) is 10.6 Å². The Morgan fingerprint density at radius 1 is 1.00 bits per heavy atom. The van der Waals surface area contributed by atoms with Crippen LogP contribution < -0.4 is 4.90 Å². The molecule has 0 bridgehead atoms. The van der Waals surface area contributed by atoms with Crippen molar-refractivity contribution in [2.75, 3.05) is 31.1 Å². The lowest BCUT2D eigenvalue weighted by atomic mass is 10.1. The van der Waals surface area contributed by atoms with Crippen LogP contribution in [-0.4, -0.2) is 46.3 Å². The van der Waals surface area contributed by atoms with Crippen LogP contribution >= 0.6 is 11.5 Å². The Morgan fingerprint density at radius 3 is 2.55 bits per heavy atom. The molecule has 0 radical (unpaired) electrons. The number of para-hydroxylation sites is 1. The topological polar surface area (TPSA) is 92.7 Å². The van der Waals surface area contributed by atoms with Crippen molar-refractivity contribution in [2.45, 2.75) is 0 Å². The van der Waals surface area contributed by atoms with Gasteiger partial charge in [0.2, 0.25) is 0 Å². The van der Waals surface area contributed by atoms with Crippen LogP contribution in [-0.2, 0) is 0 Å². The summed E-state index contributed by atoms with van der Waals surface area (Å²) < 4.78 is 11.5. The summed E-state index contributed by atoms with van der Waals surface area (Å²) >= 11 is 1.48. The number of nitro groups is 1. The van der Waals surface area contributed by atoms with E-state index in [0.717, 1.165) is 15.9 Å². The van der Waals surface area contributed by atoms with E-state index in [4.69, 9.17) is 4.42 Å². The average molecular weight is 434 g/mol. The van der Waals surface area contributed by atoms with Gasteiger partial charge in [-0.25, -0.2) is 0 Å². The Morgan fingerprint density at radius 2 is 1.74 bits per heavy atom. The van der Waals surface area contributed by atoms with E-state index in [1.165, 1.54) is 17.6 Å². The monoisotopic (exact) mass is 434 g/mol. The van der Waals surface area contributed by atoms with Gasteiger partial charge in [-0.05, 0) is 41.9 Å². The Labute approximate surface area is 181 Å². The fraction of sp³-hybridized carbons (Fsp3) is 0.182. The molecule has 5 rings (SSSR count). The van der Waals surface area contributed by atoms with Gasteiger partial charge in [0.25, 0.3) is 11.6 Å². The lowest BCUT2D eigenvalue weighted by molar-refractivity contribution is -0.384. The van der Waals surface area contributed by atoms with E-state index in [1.807, 2.05) is 12.1 Å². The first-order valence-corrected chi connectivity index (χ1v) is 10.6. The third-order valence-corrected chi connectivity index (χ3v) is 6.22. The van der Waals surface area contributed by atoms with Crippen molar-refractivity contribution in [3.8, 4) is 11.3 Å². The number of fused-ring (bicyclic) bond motifs is 1. The third-order valence-electron chi connectivity index (χ3n) is 5.41. The highest BCUT2D eigenvalue weighted by Gasteiger charge is 2.27. The molecule has 0 saturated carbocycles. The second-order valence-electron chi connectivity index (χ2n) is 7.22. The minimum atomic E-state index is -0.458. The molecule has 1 saturated heterocycles. The second kappa shape index (κ2) is 7.84. The number of nitrogens with zero attached hydrogens (tertiary/aromatic N) is 4. The molecule has 3 heterocycles. The molecule has 1 aliphatic heterocycles. The summed E-state index contributed by atoms with van der Waals surface area (Å²) in [6.07, 6.45) is 0. The van der Waals surface area contributed by atoms with Gasteiger partial charge in [-0.1, -0.05) is 24.3 Å². The van der Waals surface area contributed by atoms with Gasteiger partial charge < -0.3 is 14.2 Å². The zero-order valence-electron chi connectivity index (χ0n) is 16.4. The number of piperazine rings is 1. The summed E-state index contributed by atoms with van der Waals surface area (Å²) in [6, 6.07) is 17.6. The normalized spacial score (nSPS) is 14.2. The summed E-state index contributed by atoms with van der Waals surface area (Å²) in [5.41, 5.74) is 0.298. The maximum absolute atomic E-state index is 12.9. The number of anilines is 1. The van der Waals surface area contributed by atoms with E-state index >= 15 is 0 Å². The summed E-state index contributed by atoms with van der Waals surface area (Å²) in [6.45, 7) is 2.45. The van der Waals surface area contributed by atoms with Crippen LogP contribution in [0.2, 0.25) is 0 Å². The molecule has 4 aromatic rings. The van der Waals surface area contributed by atoms with Crippen molar-refractivity contribution in [1.29, 1.82) is 0 Å². The summed E-state index contributed by atoms with van der Waals surface area (Å²) in [5, 5.41) is 12.4. The van der Waals surface area contributed by atoms with Gasteiger partial charge >= 0.3 is 0 Å². The van der Waals surface area contributed by atoms with Crippen molar-refractivity contribution in [2.24, 2.45) is 0 Å². The van der Waals surface area contributed by atoms with E-state index in [9.17, 15) is 14.9 Å². The van der Waals surface area contributed by atoms with Gasteiger partial charge in [-0.2, -0.15) is 4.37 Å². The molecule has 0 unspecified atom stereocenters. The standard InChI is InChI=1S/C22H18N4O4S/c27-22(19-10-9-18(30-19)15-5-1-3-7-17(15)26(28)29)25-13-11-24(12-14-25)21-16-6-2-4-8-20(16)31-23-21/h1-10H,11-14H2. The number of rotatable bonds is 4. The molecule has 8 nitrogen and oxygen atoms in total. The lowest BCUT2D eigenvalue weighted by Crippen LogP contribution is -2.48. The molecule has 0 spiro atoms. The van der Waals surface area contributed by atoms with Gasteiger partial charge in [0, 0.05) is 37.6 Å². The molecule has 2 aromatic carbocycles. The van der Waals surface area contributed by atoms with Crippen molar-refractivity contribution in [3.05, 3.63) is 76.5 Å². The molecule has 2 aromatic heterocycles. The number of benzene rings is 2. The Kier molecular flexibility index (Phi) is 4.87. The van der Waals surface area contributed by atoms with Gasteiger partial charge in [0.15, 0.2) is 5.76 Å². The molecule has 156 valence electrons. The number of hydrogen-bond acceptors (Lipinski definition) is 7. The second-order valence-corrected chi connectivity index (χ2v) is 8.02. The first-order chi connectivity index (χ1) is 15.1. The average Bonchev–Trinajstić information content (AvgIpc) is 3.46. The predicted octanol–water partition coefficient (Wildman–Crippen LogP) is 4.43. The number of nitro benzene ring substituents is 1. The molecule has 1 aliphatic rings. The SMILES string of the molecule is O=C(c1ccc(-c2ccccc2[N+](=O)[O-])o1)N1CCN(c2nsc3ccccc23)CC1. The molecule has 9 heteroatoms. The maximum Gasteiger partial charge on any atom is 0.289 e. The fourth-order valence-electron chi connectivity index (χ4n) is 3.82. The molecule has 0 aliphatic carbocycles. The van der Waals surface area contributed by atoms with Crippen LogP contribution in [0.5, 0.6) is 0 Å². The van der Waals surface area contributed by atoms with E-state index in [0.29, 0.717) is 37.5 Å². The zero-order valence-corrected chi connectivity index (χ0v) is 17.2. The van der Waals surface area contributed by atoms with E-state index in [1.54, 1.807) is 35.2 Å². The predicted molar refractivity (Wildman–Crippen MR) is 119 cm³/mol. The minimum Gasteiger partial charge on any atom is -0.451 e. The number of furan rings is 1. The first-order valence-electron chi connectivity index (χ1n) is 9.84. The zero-order chi connectivity index (χ0) is 21.4. The lowest BCUT2D eigenvalue weighted by Gasteiger charge is -2.34. The van der Waals surface area contributed by atoms with Crippen molar-refractivity contribution in [1.82, 2.24) is 9.27 Å². The molecule has 1 fully saturated rings. The van der Waals surface area contributed by atoms with Crippen LogP contribution in [0, 0.1) is 10.1 Å². The van der Waals surface area contributed by atoms with Gasteiger partial charge in [-0.3, -0.25) is 14.9 Å². The van der Waals surface area contributed by atoms with Crippen molar-refractivity contribution in [3.63, 3.8) is 0 Å². The smallest absolute Gasteiger partial charge is 0.289 e. The van der Waals surface area contributed by atoms with Crippen LogP contribution in [0.4, 0.5) is 11.5 Å². The van der Waals surface area contributed by atoms with Gasteiger partial charge in [-0.15, -0.1) is 0 Å². The highest BCUT2D eigenvalue weighted by atomic mass is 32.1. The van der Waals surface area contributed by atoms with E-state index in [2.05, 4.69) is 21.4 Å². The van der Waals surface area contributed by atoms with Crippen molar-refractivity contribution < 1.29 is 14.1 Å². The molecular weight excluding hydrogens is 416 g/mol.